The number of carbonyl (C=O) groups excluding carboxylic acids is 1. The molecule has 0 aliphatic carbocycles. The van der Waals surface area contributed by atoms with Crippen LogP contribution in [0.5, 0.6) is 5.75 Å². The van der Waals surface area contributed by atoms with Crippen LogP contribution in [0.15, 0.2) is 24.4 Å². The first kappa shape index (κ1) is 14.2. The predicted octanol–water partition coefficient (Wildman–Crippen LogP) is 2.68. The zero-order valence-electron chi connectivity index (χ0n) is 11.1. The fourth-order valence-electron chi connectivity index (χ4n) is 2.26. The molecule has 1 aliphatic heterocycles. The smallest absolute Gasteiger partial charge is 0.260 e. The van der Waals surface area contributed by atoms with Crippen molar-refractivity contribution in [2.45, 2.75) is 13.0 Å². The summed E-state index contributed by atoms with van der Waals surface area (Å²) in [4.78, 5) is 13.9. The molecule has 1 amide bonds. The van der Waals surface area contributed by atoms with E-state index in [2.05, 4.69) is 10.2 Å². The highest BCUT2D eigenvalue weighted by molar-refractivity contribution is 6.35. The number of nitrogens with one attached hydrogen (secondary N) is 1. The highest BCUT2D eigenvalue weighted by atomic mass is 35.5. The molecule has 0 atom stereocenters. The van der Waals surface area contributed by atoms with Gasteiger partial charge in [0.15, 0.2) is 6.61 Å². The lowest BCUT2D eigenvalue weighted by molar-refractivity contribution is -0.134. The van der Waals surface area contributed by atoms with Crippen LogP contribution in [-0.2, 0) is 17.8 Å². The summed E-state index contributed by atoms with van der Waals surface area (Å²) in [5, 5.41) is 7.85. The topological polar surface area (TPSA) is 58.2 Å². The molecule has 0 saturated carbocycles. The third kappa shape index (κ3) is 3.14. The van der Waals surface area contributed by atoms with Gasteiger partial charge in [-0.2, -0.15) is 5.10 Å². The second-order valence-corrected chi connectivity index (χ2v) is 5.65. The van der Waals surface area contributed by atoms with Crippen LogP contribution >= 0.6 is 23.2 Å². The number of hydrogen-bond acceptors (Lipinski definition) is 3. The maximum atomic E-state index is 12.2. The van der Waals surface area contributed by atoms with Crippen molar-refractivity contribution < 1.29 is 9.53 Å². The van der Waals surface area contributed by atoms with Gasteiger partial charge in [0.1, 0.15) is 5.75 Å². The molecule has 1 aliphatic rings. The van der Waals surface area contributed by atoms with Crippen molar-refractivity contribution in [1.82, 2.24) is 15.1 Å². The summed E-state index contributed by atoms with van der Waals surface area (Å²) in [5.74, 6) is 0.378. The average molecular weight is 326 g/mol. The summed E-state index contributed by atoms with van der Waals surface area (Å²) >= 11 is 11.8. The third-order valence-corrected chi connectivity index (χ3v) is 3.93. The summed E-state index contributed by atoms with van der Waals surface area (Å²) in [7, 11) is 0. The molecule has 0 radical (unpaired) electrons. The number of hydrogen-bond donors (Lipinski definition) is 1. The van der Waals surface area contributed by atoms with Crippen LogP contribution in [0.2, 0.25) is 10.0 Å². The summed E-state index contributed by atoms with van der Waals surface area (Å²) in [6, 6.07) is 4.91. The molecule has 5 nitrogen and oxygen atoms in total. The van der Waals surface area contributed by atoms with Crippen molar-refractivity contribution in [3.05, 3.63) is 45.7 Å². The van der Waals surface area contributed by atoms with Gasteiger partial charge < -0.3 is 9.64 Å². The normalized spacial score (nSPS) is 13.9. The molecule has 0 bridgehead atoms. The number of aromatic amines is 1. The molecular formula is C14H13Cl2N3O2. The van der Waals surface area contributed by atoms with E-state index in [1.807, 2.05) is 0 Å². The Morgan fingerprint density at radius 1 is 1.43 bits per heavy atom. The van der Waals surface area contributed by atoms with Gasteiger partial charge in [-0.3, -0.25) is 9.89 Å². The van der Waals surface area contributed by atoms with Gasteiger partial charge in [-0.1, -0.05) is 23.2 Å². The highest BCUT2D eigenvalue weighted by Crippen LogP contribution is 2.27. The van der Waals surface area contributed by atoms with Gasteiger partial charge in [0.25, 0.3) is 5.91 Å². The summed E-state index contributed by atoms with van der Waals surface area (Å²) in [5.41, 5.74) is 2.15. The number of H-pyrrole nitrogens is 1. The van der Waals surface area contributed by atoms with Gasteiger partial charge in [-0.05, 0) is 18.2 Å². The maximum Gasteiger partial charge on any atom is 0.260 e. The van der Waals surface area contributed by atoms with E-state index in [4.69, 9.17) is 27.9 Å². The second-order valence-electron chi connectivity index (χ2n) is 4.80. The van der Waals surface area contributed by atoms with Crippen molar-refractivity contribution in [1.29, 1.82) is 0 Å². The average Bonchev–Trinajstić information content (AvgIpc) is 2.93. The number of aromatic nitrogens is 2. The van der Waals surface area contributed by atoms with Gasteiger partial charge in [-0.25, -0.2) is 0 Å². The van der Waals surface area contributed by atoms with Crippen LogP contribution in [0.4, 0.5) is 0 Å². The van der Waals surface area contributed by atoms with E-state index in [1.54, 1.807) is 29.3 Å². The molecule has 1 aromatic carbocycles. The highest BCUT2D eigenvalue weighted by Gasteiger charge is 2.22. The Morgan fingerprint density at radius 2 is 2.29 bits per heavy atom. The van der Waals surface area contributed by atoms with E-state index in [9.17, 15) is 4.79 Å². The van der Waals surface area contributed by atoms with Crippen molar-refractivity contribution in [2.75, 3.05) is 13.2 Å². The van der Waals surface area contributed by atoms with Crippen LogP contribution in [0.3, 0.4) is 0 Å². The number of ether oxygens (including phenoxy) is 1. The van der Waals surface area contributed by atoms with Crippen molar-refractivity contribution in [2.24, 2.45) is 0 Å². The lowest BCUT2D eigenvalue weighted by Gasteiger charge is -2.26. The zero-order chi connectivity index (χ0) is 14.8. The van der Waals surface area contributed by atoms with Crippen LogP contribution in [-0.4, -0.2) is 34.2 Å². The first-order valence-electron chi connectivity index (χ1n) is 6.50. The Labute approximate surface area is 131 Å². The molecule has 0 saturated heterocycles. The van der Waals surface area contributed by atoms with Crippen LogP contribution in [0.25, 0.3) is 0 Å². The minimum Gasteiger partial charge on any atom is -0.482 e. The lowest BCUT2D eigenvalue weighted by Crippen LogP contribution is -2.38. The SMILES string of the molecule is O=C(COc1ccc(Cl)cc1Cl)N1CCc2[nH]ncc2C1. The summed E-state index contributed by atoms with van der Waals surface area (Å²) in [6.07, 6.45) is 2.54. The molecule has 1 aromatic heterocycles. The molecule has 110 valence electrons. The second kappa shape index (κ2) is 5.95. The number of rotatable bonds is 3. The van der Waals surface area contributed by atoms with Crippen molar-refractivity contribution >= 4 is 29.1 Å². The molecule has 0 spiro atoms. The molecule has 3 rings (SSSR count). The van der Waals surface area contributed by atoms with E-state index in [-0.39, 0.29) is 12.5 Å². The largest absolute Gasteiger partial charge is 0.482 e. The predicted molar refractivity (Wildman–Crippen MR) is 79.7 cm³/mol. The number of halogens is 2. The fraction of sp³-hybridized carbons (Fsp3) is 0.286. The fourth-order valence-corrected chi connectivity index (χ4v) is 2.72. The molecular weight excluding hydrogens is 313 g/mol. The van der Waals surface area contributed by atoms with E-state index in [1.165, 1.54) is 0 Å². The Hall–Kier alpha value is -1.72. The Balaban J connectivity index is 1.60. The summed E-state index contributed by atoms with van der Waals surface area (Å²) in [6.45, 7) is 1.17. The van der Waals surface area contributed by atoms with Gasteiger partial charge >= 0.3 is 0 Å². The Kier molecular flexibility index (Phi) is 4.03. The van der Waals surface area contributed by atoms with Gasteiger partial charge in [-0.15, -0.1) is 0 Å². The first-order chi connectivity index (χ1) is 10.1. The molecule has 2 aromatic rings. The third-order valence-electron chi connectivity index (χ3n) is 3.40. The minimum absolute atomic E-state index is 0.0471. The van der Waals surface area contributed by atoms with Gasteiger partial charge in [0.05, 0.1) is 11.2 Å². The molecule has 2 heterocycles. The number of benzene rings is 1. The zero-order valence-corrected chi connectivity index (χ0v) is 12.6. The van der Waals surface area contributed by atoms with E-state index in [0.717, 1.165) is 17.7 Å². The van der Waals surface area contributed by atoms with Crippen molar-refractivity contribution in [3.8, 4) is 5.75 Å². The van der Waals surface area contributed by atoms with Crippen molar-refractivity contribution in [3.63, 3.8) is 0 Å². The standard InChI is InChI=1S/C14H13Cl2N3O2/c15-10-1-2-13(11(16)5-10)21-8-14(20)19-4-3-12-9(7-19)6-17-18-12/h1-2,5-6H,3-4,7-8H2,(H,17,18). The molecule has 21 heavy (non-hydrogen) atoms. The van der Waals surface area contributed by atoms with Gasteiger partial charge in [0, 0.05) is 35.8 Å². The van der Waals surface area contributed by atoms with E-state index in [0.29, 0.717) is 28.9 Å². The number of carbonyl (C=O) groups is 1. The number of nitrogens with zero attached hydrogens (tertiary/aromatic N) is 2. The quantitative estimate of drug-likeness (QED) is 0.943. The van der Waals surface area contributed by atoms with E-state index < -0.39 is 0 Å². The minimum atomic E-state index is -0.0760. The van der Waals surface area contributed by atoms with Crippen LogP contribution in [0.1, 0.15) is 11.3 Å². The number of fused-ring (bicyclic) bond motifs is 1. The lowest BCUT2D eigenvalue weighted by atomic mass is 10.1. The monoisotopic (exact) mass is 325 g/mol. The molecule has 1 N–H and O–H groups in total. The Bertz CT molecular complexity index is 672. The van der Waals surface area contributed by atoms with Gasteiger partial charge in [0.2, 0.25) is 0 Å². The van der Waals surface area contributed by atoms with Crippen LogP contribution in [0, 0.1) is 0 Å². The Morgan fingerprint density at radius 3 is 3.10 bits per heavy atom. The molecule has 0 fully saturated rings. The maximum absolute atomic E-state index is 12.2. The first-order valence-corrected chi connectivity index (χ1v) is 7.26. The van der Waals surface area contributed by atoms with E-state index >= 15 is 0 Å². The number of amides is 1. The summed E-state index contributed by atoms with van der Waals surface area (Å²) < 4.78 is 5.47. The molecule has 7 heteroatoms. The van der Waals surface area contributed by atoms with Crippen LogP contribution < -0.4 is 4.74 Å². The molecule has 0 unspecified atom stereocenters.